The number of benzene rings is 12. The molecule has 0 bridgehead atoms. The van der Waals surface area contributed by atoms with Gasteiger partial charge in [0.15, 0.2) is 0 Å². The van der Waals surface area contributed by atoms with Gasteiger partial charge in [-0.25, -0.2) is 19.9 Å². The first kappa shape index (κ1) is 57.2. The number of nitrogens with zero attached hydrogens (tertiary/aromatic N) is 6. The number of pyridine rings is 4. The Labute approximate surface area is 573 Å². The standard InChI is InChI=1S/C48H35N3.C45H31N3/c1-47(2)35-18-10-7-13-29(35)30-22-21-28(27-37(30)47)38-23-24-40-39(49-38)25-26-42(50-40)51-41-20-12-9-17-34(41)44-32-15-6-5-14-31(32)43-33-16-8-11-19-36(33)48(3,4)45(43)46(44)51;1-45(2)35-18-10-8-16-33(35)41-31-14-6-7-15-32(31)42-34-17-9-11-19-39(34)48(44(42)43(41)45)40-27-26-37-38(47-40)25-24-36(46-37)30-22-20-29(21-23-30)28-12-4-3-5-13-28/h5-27H,1-4H3;3-27H,1-2H3. The quantitative estimate of drug-likeness (QED) is 0.172. The van der Waals surface area contributed by atoms with Gasteiger partial charge in [0.1, 0.15) is 11.6 Å². The maximum Gasteiger partial charge on any atom is 0.138 e. The Morgan fingerprint density at radius 2 is 0.616 bits per heavy atom. The third-order valence-corrected chi connectivity index (χ3v) is 22.3. The molecule has 99 heavy (non-hydrogen) atoms. The van der Waals surface area contributed by atoms with Gasteiger partial charge in [-0.05, 0) is 166 Å². The van der Waals surface area contributed by atoms with Crippen molar-refractivity contribution in [3.63, 3.8) is 0 Å². The molecule has 0 atom stereocenters. The fraction of sp³-hybridized carbons (Fsp3) is 0.0968. The first-order valence-corrected chi connectivity index (χ1v) is 34.5. The van der Waals surface area contributed by atoms with Gasteiger partial charge in [0.2, 0.25) is 0 Å². The van der Waals surface area contributed by atoms with Crippen LogP contribution < -0.4 is 0 Å². The molecule has 6 heterocycles. The second kappa shape index (κ2) is 20.9. The Morgan fingerprint density at radius 1 is 0.253 bits per heavy atom. The van der Waals surface area contributed by atoms with Crippen LogP contribution in [0.1, 0.15) is 74.9 Å². The molecule has 21 rings (SSSR count). The molecule has 18 aromatic rings. The Bertz CT molecular complexity index is 6500. The van der Waals surface area contributed by atoms with Gasteiger partial charge >= 0.3 is 0 Å². The second-order valence-corrected chi connectivity index (χ2v) is 28.8. The minimum Gasteiger partial charge on any atom is -0.293 e. The van der Waals surface area contributed by atoms with E-state index >= 15 is 0 Å². The summed E-state index contributed by atoms with van der Waals surface area (Å²) < 4.78 is 4.82. The molecule has 0 spiro atoms. The number of fused-ring (bicyclic) bond motifs is 25. The molecule has 6 nitrogen and oxygen atoms in total. The van der Waals surface area contributed by atoms with Crippen molar-refractivity contribution in [3.8, 4) is 78.7 Å². The lowest BCUT2D eigenvalue weighted by Crippen LogP contribution is -2.16. The number of para-hydroxylation sites is 2. The lowest BCUT2D eigenvalue weighted by atomic mass is 9.80. The summed E-state index contributed by atoms with van der Waals surface area (Å²) in [5, 5.41) is 10.2. The highest BCUT2D eigenvalue weighted by atomic mass is 15.1. The van der Waals surface area contributed by atoms with E-state index in [1.807, 2.05) is 6.07 Å². The molecule has 0 saturated carbocycles. The van der Waals surface area contributed by atoms with Crippen LogP contribution in [0, 0.1) is 0 Å². The van der Waals surface area contributed by atoms with E-state index in [1.54, 1.807) is 0 Å². The molecular weight excluding hydrogens is 1200 g/mol. The summed E-state index contributed by atoms with van der Waals surface area (Å²) in [6, 6.07) is 105. The molecule has 0 unspecified atom stereocenters. The van der Waals surface area contributed by atoms with Gasteiger partial charge in [-0.15, -0.1) is 0 Å². The maximum atomic E-state index is 5.36. The molecule has 0 N–H and O–H groups in total. The average molecular weight is 1270 g/mol. The van der Waals surface area contributed by atoms with Crippen LogP contribution in [-0.2, 0) is 16.2 Å². The van der Waals surface area contributed by atoms with Crippen LogP contribution in [0.4, 0.5) is 0 Å². The van der Waals surface area contributed by atoms with Gasteiger partial charge in [-0.3, -0.25) is 9.13 Å². The van der Waals surface area contributed by atoms with E-state index < -0.39 is 0 Å². The molecule has 468 valence electrons. The zero-order valence-corrected chi connectivity index (χ0v) is 55.9. The Morgan fingerprint density at radius 3 is 1.13 bits per heavy atom. The predicted octanol–water partition coefficient (Wildman–Crippen LogP) is 23.7. The van der Waals surface area contributed by atoms with Crippen LogP contribution in [-0.4, -0.2) is 29.1 Å². The zero-order chi connectivity index (χ0) is 66.2. The number of hydrogen-bond donors (Lipinski definition) is 0. The van der Waals surface area contributed by atoms with E-state index in [4.69, 9.17) is 19.9 Å². The van der Waals surface area contributed by atoms with Crippen LogP contribution in [0.2, 0.25) is 0 Å². The molecule has 0 fully saturated rings. The largest absolute Gasteiger partial charge is 0.293 e. The van der Waals surface area contributed by atoms with Gasteiger partial charge in [-0.1, -0.05) is 266 Å². The highest BCUT2D eigenvalue weighted by Crippen LogP contribution is 2.59. The monoisotopic (exact) mass is 1270 g/mol. The zero-order valence-electron chi connectivity index (χ0n) is 55.9. The molecule has 12 aromatic carbocycles. The molecule has 6 heteroatoms. The number of rotatable bonds is 5. The van der Waals surface area contributed by atoms with Gasteiger partial charge in [0.05, 0.1) is 55.5 Å². The first-order chi connectivity index (χ1) is 48.4. The van der Waals surface area contributed by atoms with Crippen molar-refractivity contribution in [2.24, 2.45) is 0 Å². The van der Waals surface area contributed by atoms with E-state index in [2.05, 4.69) is 336 Å². The van der Waals surface area contributed by atoms with E-state index in [-0.39, 0.29) is 16.2 Å². The highest BCUT2D eigenvalue weighted by Gasteiger charge is 2.42. The van der Waals surface area contributed by atoms with Crippen molar-refractivity contribution in [1.82, 2.24) is 29.1 Å². The fourth-order valence-electron chi connectivity index (χ4n) is 17.8. The summed E-state index contributed by atoms with van der Waals surface area (Å²) in [7, 11) is 0. The van der Waals surface area contributed by atoms with Crippen LogP contribution in [0.5, 0.6) is 0 Å². The van der Waals surface area contributed by atoms with Crippen molar-refractivity contribution >= 4 is 87.2 Å². The summed E-state index contributed by atoms with van der Waals surface area (Å²) in [5.41, 5.74) is 30.6. The molecule has 0 amide bonds. The third-order valence-electron chi connectivity index (χ3n) is 22.3. The van der Waals surface area contributed by atoms with Gasteiger partial charge < -0.3 is 0 Å². The topological polar surface area (TPSA) is 61.4 Å². The molecule has 0 aliphatic heterocycles. The number of hydrogen-bond acceptors (Lipinski definition) is 4. The van der Waals surface area contributed by atoms with Crippen LogP contribution >= 0.6 is 0 Å². The van der Waals surface area contributed by atoms with Gasteiger partial charge in [0.25, 0.3) is 0 Å². The van der Waals surface area contributed by atoms with Gasteiger partial charge in [-0.2, -0.15) is 0 Å². The number of aromatic nitrogens is 6. The SMILES string of the molecule is CC1(C)c2ccccc2-c2c1c1c(c3ccccc23)c2ccccc2n1-c1ccc2nc(-c3ccc(-c4ccccc4)cc3)ccc2n1.CC1(C)c2ccccc2-c2ccc(-c3ccc4nc(-n5c6ccccc6c6c7ccccc7c7c(c65)C(C)(C)c5ccccc5-7)ccc4n3)cc21. The smallest absolute Gasteiger partial charge is 0.138 e. The van der Waals surface area contributed by atoms with E-state index in [9.17, 15) is 0 Å². The lowest BCUT2D eigenvalue weighted by Gasteiger charge is -2.24. The van der Waals surface area contributed by atoms with Crippen LogP contribution in [0.3, 0.4) is 0 Å². The summed E-state index contributed by atoms with van der Waals surface area (Å²) >= 11 is 0. The lowest BCUT2D eigenvalue weighted by molar-refractivity contribution is 0.660. The van der Waals surface area contributed by atoms with Crippen LogP contribution in [0.15, 0.2) is 291 Å². The molecule has 6 aromatic heterocycles. The predicted molar refractivity (Wildman–Crippen MR) is 412 cm³/mol. The highest BCUT2D eigenvalue weighted by molar-refractivity contribution is 6.28. The molecule has 3 aliphatic carbocycles. The van der Waals surface area contributed by atoms with E-state index in [0.717, 1.165) is 67.3 Å². The minimum atomic E-state index is -0.195. The van der Waals surface area contributed by atoms with Gasteiger partial charge in [0, 0.05) is 48.9 Å². The summed E-state index contributed by atoms with van der Waals surface area (Å²) in [6.07, 6.45) is 0. The summed E-state index contributed by atoms with van der Waals surface area (Å²) in [5.74, 6) is 1.81. The molecule has 0 radical (unpaired) electrons. The van der Waals surface area contributed by atoms with Crippen molar-refractivity contribution < 1.29 is 0 Å². The van der Waals surface area contributed by atoms with Crippen molar-refractivity contribution in [3.05, 3.63) is 325 Å². The maximum absolute atomic E-state index is 5.36. The van der Waals surface area contributed by atoms with Crippen molar-refractivity contribution in [2.75, 3.05) is 0 Å². The van der Waals surface area contributed by atoms with Crippen molar-refractivity contribution in [2.45, 2.75) is 57.8 Å². The normalized spacial score (nSPS) is 14.2. The van der Waals surface area contributed by atoms with Crippen LogP contribution in [0.25, 0.3) is 166 Å². The fourth-order valence-corrected chi connectivity index (χ4v) is 17.8. The second-order valence-electron chi connectivity index (χ2n) is 28.8. The minimum absolute atomic E-state index is 0.0566. The molecule has 3 aliphatic rings. The third kappa shape index (κ3) is 8.17. The molecular formula is C93H66N6. The van der Waals surface area contributed by atoms with Crippen molar-refractivity contribution in [1.29, 1.82) is 0 Å². The summed E-state index contributed by atoms with van der Waals surface area (Å²) in [6.45, 7) is 14.2. The Hall–Kier alpha value is -12.1. The van der Waals surface area contributed by atoms with E-state index in [0.29, 0.717) is 0 Å². The Balaban J connectivity index is 0.000000134. The molecule has 0 saturated heterocycles. The summed E-state index contributed by atoms with van der Waals surface area (Å²) in [4.78, 5) is 20.9. The first-order valence-electron chi connectivity index (χ1n) is 34.5. The van der Waals surface area contributed by atoms with E-state index in [1.165, 1.54) is 132 Å². The Kier molecular flexibility index (Phi) is 12.1. The average Bonchev–Trinajstić information content (AvgIpc) is 1.52.